The molecule has 1 amide bonds. The number of hydrogen-bond donors (Lipinski definition) is 0. The van der Waals surface area contributed by atoms with Crippen LogP contribution in [0.1, 0.15) is 0 Å². The third-order valence-corrected chi connectivity index (χ3v) is 4.46. The first-order chi connectivity index (χ1) is 9.29. The number of carbonyl (C=O) groups excluding carboxylic acids is 1. The number of piperazine rings is 1. The maximum absolute atomic E-state index is 11.6. The van der Waals surface area contributed by atoms with Crippen LogP contribution in [0.25, 0.3) is 10.1 Å². The maximum Gasteiger partial charge on any atom is 0.246 e. The molecule has 2 aromatic rings. The summed E-state index contributed by atoms with van der Waals surface area (Å²) in [5.41, 5.74) is 1.28. The van der Waals surface area contributed by atoms with Crippen LogP contribution in [-0.4, -0.2) is 37.0 Å². The Balaban J connectivity index is 1.80. The molecule has 0 atom stereocenters. The smallest absolute Gasteiger partial charge is 0.246 e. The van der Waals surface area contributed by atoms with Crippen LogP contribution in [0.2, 0.25) is 0 Å². The molecule has 0 bridgehead atoms. The number of anilines is 1. The Morgan fingerprint density at radius 2 is 2.00 bits per heavy atom. The lowest BCUT2D eigenvalue weighted by Gasteiger charge is -2.36. The lowest BCUT2D eigenvalue weighted by Crippen LogP contribution is -2.48. The van der Waals surface area contributed by atoms with E-state index in [-0.39, 0.29) is 5.91 Å². The predicted molar refractivity (Wildman–Crippen MR) is 80.8 cm³/mol. The van der Waals surface area contributed by atoms with Crippen LogP contribution < -0.4 is 4.90 Å². The maximum atomic E-state index is 11.6. The van der Waals surface area contributed by atoms with Crippen molar-refractivity contribution in [3.8, 4) is 0 Å². The number of nitrogens with zero attached hydrogens (tertiary/aromatic N) is 2. The highest BCUT2D eigenvalue weighted by Gasteiger charge is 2.20. The summed E-state index contributed by atoms with van der Waals surface area (Å²) in [4.78, 5) is 15.8. The predicted octanol–water partition coefficient (Wildman–Crippen LogP) is 2.74. The van der Waals surface area contributed by atoms with Gasteiger partial charge in [-0.3, -0.25) is 4.79 Å². The molecule has 3 nitrogen and oxygen atoms in total. The van der Waals surface area contributed by atoms with Gasteiger partial charge in [-0.05, 0) is 29.7 Å². The minimum absolute atomic E-state index is 0.0355. The van der Waals surface area contributed by atoms with Crippen molar-refractivity contribution in [1.29, 1.82) is 0 Å². The normalized spacial score (nSPS) is 15.8. The van der Waals surface area contributed by atoms with Gasteiger partial charge in [-0.25, -0.2) is 0 Å². The third-order valence-electron chi connectivity index (χ3n) is 3.58. The number of rotatable bonds is 2. The molecule has 1 fully saturated rings. The molecular formula is C15H16N2OS. The molecule has 4 heteroatoms. The fraction of sp³-hybridized carbons (Fsp3) is 0.267. The Bertz CT molecular complexity index is 611. The van der Waals surface area contributed by atoms with Gasteiger partial charge in [0.1, 0.15) is 0 Å². The van der Waals surface area contributed by atoms with Crippen molar-refractivity contribution in [3.05, 3.63) is 42.3 Å². The molecule has 2 heterocycles. The lowest BCUT2D eigenvalue weighted by atomic mass is 10.2. The van der Waals surface area contributed by atoms with E-state index in [2.05, 4.69) is 41.1 Å². The summed E-state index contributed by atoms with van der Waals surface area (Å²) in [6, 6.07) is 8.60. The van der Waals surface area contributed by atoms with Crippen molar-refractivity contribution in [2.75, 3.05) is 31.1 Å². The van der Waals surface area contributed by atoms with Crippen molar-refractivity contribution in [2.45, 2.75) is 0 Å². The van der Waals surface area contributed by atoms with E-state index in [9.17, 15) is 4.79 Å². The van der Waals surface area contributed by atoms with Crippen LogP contribution in [0.15, 0.2) is 42.3 Å². The summed E-state index contributed by atoms with van der Waals surface area (Å²) in [5, 5.41) is 3.45. The number of benzene rings is 1. The molecule has 1 aliphatic rings. The summed E-state index contributed by atoms with van der Waals surface area (Å²) in [5.74, 6) is 0.0355. The molecule has 1 saturated heterocycles. The van der Waals surface area contributed by atoms with Crippen molar-refractivity contribution in [3.63, 3.8) is 0 Å². The zero-order valence-electron chi connectivity index (χ0n) is 10.7. The van der Waals surface area contributed by atoms with E-state index < -0.39 is 0 Å². The molecule has 0 N–H and O–H groups in total. The highest BCUT2D eigenvalue weighted by molar-refractivity contribution is 7.17. The zero-order valence-corrected chi connectivity index (χ0v) is 11.5. The molecule has 0 radical (unpaired) electrons. The second kappa shape index (κ2) is 5.05. The summed E-state index contributed by atoms with van der Waals surface area (Å²) >= 11 is 1.77. The number of fused-ring (bicyclic) bond motifs is 1. The summed E-state index contributed by atoms with van der Waals surface area (Å²) in [6.07, 6.45) is 1.40. The van der Waals surface area contributed by atoms with Gasteiger partial charge >= 0.3 is 0 Å². The molecule has 0 spiro atoms. The SMILES string of the molecule is C=CC(=O)N1CCN(c2cccc3sccc23)CC1. The van der Waals surface area contributed by atoms with E-state index in [1.54, 1.807) is 11.3 Å². The molecule has 3 rings (SSSR count). The fourth-order valence-corrected chi connectivity index (χ4v) is 3.36. The van der Waals surface area contributed by atoms with Crippen LogP contribution in [0.3, 0.4) is 0 Å². The molecular weight excluding hydrogens is 256 g/mol. The van der Waals surface area contributed by atoms with Crippen molar-refractivity contribution in [2.24, 2.45) is 0 Å². The first-order valence-corrected chi connectivity index (χ1v) is 7.30. The summed E-state index contributed by atoms with van der Waals surface area (Å²) < 4.78 is 1.32. The molecule has 19 heavy (non-hydrogen) atoms. The van der Waals surface area contributed by atoms with Crippen LogP contribution in [0.5, 0.6) is 0 Å². The first kappa shape index (κ1) is 12.2. The van der Waals surface area contributed by atoms with E-state index in [1.165, 1.54) is 21.8 Å². The van der Waals surface area contributed by atoms with Crippen LogP contribution in [0.4, 0.5) is 5.69 Å². The van der Waals surface area contributed by atoms with Gasteiger partial charge in [-0.15, -0.1) is 11.3 Å². The Labute approximate surface area is 116 Å². The Kier molecular flexibility index (Phi) is 3.25. The van der Waals surface area contributed by atoms with E-state index >= 15 is 0 Å². The second-order valence-corrected chi connectivity index (χ2v) is 5.57. The second-order valence-electron chi connectivity index (χ2n) is 4.63. The fourth-order valence-electron chi connectivity index (χ4n) is 2.55. The first-order valence-electron chi connectivity index (χ1n) is 6.42. The minimum Gasteiger partial charge on any atom is -0.367 e. The molecule has 0 aliphatic carbocycles. The number of amides is 1. The van der Waals surface area contributed by atoms with Gasteiger partial charge in [0.25, 0.3) is 0 Å². The van der Waals surface area contributed by atoms with Crippen molar-refractivity contribution in [1.82, 2.24) is 4.90 Å². The average molecular weight is 272 g/mol. The van der Waals surface area contributed by atoms with Crippen LogP contribution >= 0.6 is 11.3 Å². The monoisotopic (exact) mass is 272 g/mol. The zero-order chi connectivity index (χ0) is 13.2. The topological polar surface area (TPSA) is 23.6 Å². The van der Waals surface area contributed by atoms with Crippen LogP contribution in [-0.2, 0) is 4.79 Å². The van der Waals surface area contributed by atoms with Crippen molar-refractivity contribution >= 4 is 33.0 Å². The lowest BCUT2D eigenvalue weighted by molar-refractivity contribution is -0.126. The van der Waals surface area contributed by atoms with Gasteiger partial charge in [-0.1, -0.05) is 12.6 Å². The molecule has 0 saturated carbocycles. The summed E-state index contributed by atoms with van der Waals surface area (Å²) in [7, 11) is 0. The van der Waals surface area contributed by atoms with Gasteiger partial charge in [0.05, 0.1) is 0 Å². The van der Waals surface area contributed by atoms with Gasteiger partial charge < -0.3 is 9.80 Å². The molecule has 1 aromatic heterocycles. The van der Waals surface area contributed by atoms with E-state index in [0.29, 0.717) is 0 Å². The van der Waals surface area contributed by atoms with Gasteiger partial charge in [0.2, 0.25) is 5.91 Å². The molecule has 1 aromatic carbocycles. The third kappa shape index (κ3) is 2.24. The quantitative estimate of drug-likeness (QED) is 0.785. The van der Waals surface area contributed by atoms with E-state index in [1.807, 2.05) is 4.90 Å². The van der Waals surface area contributed by atoms with Crippen molar-refractivity contribution < 1.29 is 4.79 Å². The largest absolute Gasteiger partial charge is 0.367 e. The molecule has 98 valence electrons. The molecule has 1 aliphatic heterocycles. The number of thiophene rings is 1. The minimum atomic E-state index is 0.0355. The van der Waals surface area contributed by atoms with Gasteiger partial charge in [0, 0.05) is 42.0 Å². The van der Waals surface area contributed by atoms with Gasteiger partial charge in [0.15, 0.2) is 0 Å². The summed E-state index contributed by atoms with van der Waals surface area (Å²) in [6.45, 7) is 6.85. The average Bonchev–Trinajstić information content (AvgIpc) is 2.95. The Morgan fingerprint density at radius 1 is 1.21 bits per heavy atom. The number of carbonyl (C=O) groups is 1. The number of hydrogen-bond acceptors (Lipinski definition) is 3. The Morgan fingerprint density at radius 3 is 2.74 bits per heavy atom. The molecule has 0 unspecified atom stereocenters. The van der Waals surface area contributed by atoms with E-state index in [0.717, 1.165) is 26.2 Å². The van der Waals surface area contributed by atoms with Gasteiger partial charge in [-0.2, -0.15) is 0 Å². The highest BCUT2D eigenvalue weighted by Crippen LogP contribution is 2.31. The van der Waals surface area contributed by atoms with E-state index in [4.69, 9.17) is 0 Å². The van der Waals surface area contributed by atoms with Crippen LogP contribution in [0, 0.1) is 0 Å². The standard InChI is InChI=1S/C15H16N2OS/c1-2-15(18)17-9-7-16(8-10-17)13-4-3-5-14-12(13)6-11-19-14/h2-6,11H,1,7-10H2. The highest BCUT2D eigenvalue weighted by atomic mass is 32.1. The Hall–Kier alpha value is -1.81.